The largest absolute Gasteiger partial charge is 0.452 e. The van der Waals surface area contributed by atoms with Crippen molar-refractivity contribution >= 4 is 63.6 Å². The van der Waals surface area contributed by atoms with E-state index < -0.39 is 5.97 Å². The molecule has 0 radical (unpaired) electrons. The summed E-state index contributed by atoms with van der Waals surface area (Å²) >= 11 is 18.4. The van der Waals surface area contributed by atoms with Gasteiger partial charge in [-0.2, -0.15) is 0 Å². The zero-order valence-corrected chi connectivity index (χ0v) is 19.2. The molecule has 0 spiro atoms. The van der Waals surface area contributed by atoms with E-state index in [1.165, 1.54) is 12.1 Å². The summed E-state index contributed by atoms with van der Waals surface area (Å²) in [5.74, 6) is -0.430. The van der Waals surface area contributed by atoms with Crippen LogP contribution in [0, 0.1) is 6.92 Å². The molecule has 0 N–H and O–H groups in total. The highest BCUT2D eigenvalue weighted by Gasteiger charge is 2.31. The first-order valence-electron chi connectivity index (χ1n) is 9.74. The molecule has 0 saturated heterocycles. The van der Waals surface area contributed by atoms with E-state index in [4.69, 9.17) is 48.7 Å². The van der Waals surface area contributed by atoms with Gasteiger partial charge in [0.25, 0.3) is 0 Å². The van der Waals surface area contributed by atoms with E-state index in [9.17, 15) is 9.59 Å². The lowest BCUT2D eigenvalue weighted by Crippen LogP contribution is -2.07. The van der Waals surface area contributed by atoms with Crippen LogP contribution < -0.4 is 9.47 Å². The van der Waals surface area contributed by atoms with E-state index in [1.807, 2.05) is 0 Å². The molecule has 0 unspecified atom stereocenters. The Balaban J connectivity index is 1.43. The molecule has 3 aromatic carbocycles. The van der Waals surface area contributed by atoms with Crippen molar-refractivity contribution in [1.82, 2.24) is 0 Å². The van der Waals surface area contributed by atoms with Gasteiger partial charge >= 0.3 is 5.97 Å². The van der Waals surface area contributed by atoms with Crippen LogP contribution in [0.5, 0.6) is 11.5 Å². The Morgan fingerprint density at radius 1 is 1.00 bits per heavy atom. The van der Waals surface area contributed by atoms with Crippen LogP contribution in [0.4, 0.5) is 0 Å². The Labute approximate surface area is 203 Å². The molecule has 8 heteroatoms. The van der Waals surface area contributed by atoms with Gasteiger partial charge in [0.2, 0.25) is 11.5 Å². The number of rotatable bonds is 3. The smallest absolute Gasteiger partial charge is 0.379 e. The number of ether oxygens (including phenoxy) is 2. The normalized spacial score (nSPS) is 13.9. The molecule has 1 aliphatic heterocycles. The molecule has 5 nitrogen and oxygen atoms in total. The summed E-state index contributed by atoms with van der Waals surface area (Å²) in [4.78, 5) is 25.5. The summed E-state index contributed by atoms with van der Waals surface area (Å²) in [7, 11) is 0. The SMILES string of the molecule is Cc1cc(OC(=O)c2cc3cc(Cl)ccc3o2)cc2c1C(=O)/C(=C/c1c(Cl)cccc1Cl)O2. The van der Waals surface area contributed by atoms with Gasteiger partial charge in [-0.3, -0.25) is 4.79 Å². The molecular formula is C25H13Cl3O5. The first-order chi connectivity index (χ1) is 15.8. The van der Waals surface area contributed by atoms with Crippen LogP contribution in [0.25, 0.3) is 17.0 Å². The Morgan fingerprint density at radius 3 is 2.52 bits per heavy atom. The summed E-state index contributed by atoms with van der Waals surface area (Å²) in [6.45, 7) is 1.73. The third kappa shape index (κ3) is 4.00. The predicted molar refractivity (Wildman–Crippen MR) is 127 cm³/mol. The Kier molecular flexibility index (Phi) is 5.41. The van der Waals surface area contributed by atoms with E-state index in [-0.39, 0.29) is 28.8 Å². The summed E-state index contributed by atoms with van der Waals surface area (Å²) in [6.07, 6.45) is 1.50. The molecule has 33 heavy (non-hydrogen) atoms. The number of hydrogen-bond acceptors (Lipinski definition) is 5. The third-order valence-electron chi connectivity index (χ3n) is 5.11. The minimum absolute atomic E-state index is 0.0244. The maximum absolute atomic E-state index is 12.9. The summed E-state index contributed by atoms with van der Waals surface area (Å²) in [6, 6.07) is 14.7. The van der Waals surface area contributed by atoms with E-state index >= 15 is 0 Å². The molecule has 0 bridgehead atoms. The second-order valence-electron chi connectivity index (χ2n) is 7.37. The van der Waals surface area contributed by atoms with Gasteiger partial charge in [0.1, 0.15) is 17.1 Å². The first-order valence-corrected chi connectivity index (χ1v) is 10.9. The fraction of sp³-hybridized carbons (Fsp3) is 0.0400. The number of aryl methyl sites for hydroxylation is 1. The minimum Gasteiger partial charge on any atom is -0.452 e. The fourth-order valence-corrected chi connectivity index (χ4v) is 4.28. The van der Waals surface area contributed by atoms with Crippen LogP contribution >= 0.6 is 34.8 Å². The number of benzene rings is 3. The van der Waals surface area contributed by atoms with Crippen LogP contribution in [-0.4, -0.2) is 11.8 Å². The third-order valence-corrected chi connectivity index (χ3v) is 6.00. The van der Waals surface area contributed by atoms with Crippen LogP contribution in [0.3, 0.4) is 0 Å². The number of allylic oxidation sites excluding steroid dienone is 1. The van der Waals surface area contributed by atoms with Crippen LogP contribution in [0.15, 0.2) is 64.8 Å². The molecule has 1 aromatic heterocycles. The second kappa shape index (κ2) is 8.27. The van der Waals surface area contributed by atoms with Gasteiger partial charge in [-0.25, -0.2) is 4.79 Å². The summed E-state index contributed by atoms with van der Waals surface area (Å²) < 4.78 is 16.8. The summed E-state index contributed by atoms with van der Waals surface area (Å²) in [5.41, 5.74) is 1.96. The van der Waals surface area contributed by atoms with Crippen LogP contribution in [-0.2, 0) is 0 Å². The molecule has 0 saturated carbocycles. The lowest BCUT2D eigenvalue weighted by atomic mass is 10.0. The average molecular weight is 500 g/mol. The number of ketones is 1. The highest BCUT2D eigenvalue weighted by molar-refractivity contribution is 6.37. The van der Waals surface area contributed by atoms with Gasteiger partial charge in [0.15, 0.2) is 5.76 Å². The molecule has 0 aliphatic carbocycles. The van der Waals surface area contributed by atoms with Crippen molar-refractivity contribution in [3.05, 3.63) is 97.9 Å². The van der Waals surface area contributed by atoms with Crippen molar-refractivity contribution in [3.63, 3.8) is 0 Å². The number of carbonyl (C=O) groups excluding carboxylic acids is 2. The molecule has 0 atom stereocenters. The van der Waals surface area contributed by atoms with Gasteiger partial charge < -0.3 is 13.9 Å². The Morgan fingerprint density at radius 2 is 1.76 bits per heavy atom. The zero-order chi connectivity index (χ0) is 23.3. The van der Waals surface area contributed by atoms with Gasteiger partial charge in [-0.1, -0.05) is 40.9 Å². The highest BCUT2D eigenvalue weighted by atomic mass is 35.5. The number of esters is 1. The molecular weight excluding hydrogens is 487 g/mol. The first kappa shape index (κ1) is 21.6. The highest BCUT2D eigenvalue weighted by Crippen LogP contribution is 2.39. The molecule has 0 fully saturated rings. The lowest BCUT2D eigenvalue weighted by molar-refractivity contribution is 0.0703. The number of halogens is 3. The average Bonchev–Trinajstić information content (AvgIpc) is 3.31. The van der Waals surface area contributed by atoms with E-state index in [1.54, 1.807) is 55.5 Å². The molecule has 0 amide bonds. The number of Topliss-reactive ketones (excluding diaryl/α,β-unsaturated/α-hetero) is 1. The monoisotopic (exact) mass is 498 g/mol. The Bertz CT molecular complexity index is 1480. The van der Waals surface area contributed by atoms with Crippen molar-refractivity contribution < 1.29 is 23.5 Å². The zero-order valence-electron chi connectivity index (χ0n) is 16.9. The van der Waals surface area contributed by atoms with Crippen molar-refractivity contribution in [2.75, 3.05) is 0 Å². The van der Waals surface area contributed by atoms with Crippen molar-refractivity contribution in [2.45, 2.75) is 6.92 Å². The minimum atomic E-state index is -0.690. The maximum Gasteiger partial charge on any atom is 0.379 e. The van der Waals surface area contributed by atoms with Gasteiger partial charge in [-0.05, 0) is 61.0 Å². The van der Waals surface area contributed by atoms with Crippen molar-refractivity contribution in [3.8, 4) is 11.5 Å². The van der Waals surface area contributed by atoms with Crippen molar-refractivity contribution in [2.24, 2.45) is 0 Å². The second-order valence-corrected chi connectivity index (χ2v) is 8.62. The molecule has 164 valence electrons. The standard InChI is InChI=1S/C25H13Cl3O5/c1-12-7-15(31-25(30)22-9-13-8-14(26)5-6-19(13)32-22)10-20-23(12)24(29)21(33-20)11-16-17(27)3-2-4-18(16)28/h2-11H,1H3/b21-11-. The summed E-state index contributed by atoms with van der Waals surface area (Å²) in [5, 5.41) is 1.99. The van der Waals surface area contributed by atoms with Crippen LogP contribution in [0.1, 0.15) is 32.0 Å². The quantitative estimate of drug-likeness (QED) is 0.165. The molecule has 4 aromatic rings. The molecule has 1 aliphatic rings. The molecule has 2 heterocycles. The van der Waals surface area contributed by atoms with Gasteiger partial charge in [0.05, 0.1) is 5.56 Å². The fourth-order valence-electron chi connectivity index (χ4n) is 3.59. The Hall–Kier alpha value is -3.25. The van der Waals surface area contributed by atoms with E-state index in [2.05, 4.69) is 0 Å². The molecule has 5 rings (SSSR count). The van der Waals surface area contributed by atoms with Crippen LogP contribution in [0.2, 0.25) is 15.1 Å². The number of fused-ring (bicyclic) bond motifs is 2. The number of hydrogen-bond donors (Lipinski definition) is 0. The number of carbonyl (C=O) groups is 2. The topological polar surface area (TPSA) is 65.7 Å². The van der Waals surface area contributed by atoms with E-state index in [0.717, 1.165) is 0 Å². The number of furan rings is 1. The van der Waals surface area contributed by atoms with Crippen molar-refractivity contribution in [1.29, 1.82) is 0 Å². The van der Waals surface area contributed by atoms with Gasteiger partial charge in [-0.15, -0.1) is 0 Å². The van der Waals surface area contributed by atoms with E-state index in [0.29, 0.717) is 42.7 Å². The van der Waals surface area contributed by atoms with Gasteiger partial charge in [0, 0.05) is 32.1 Å². The predicted octanol–water partition coefficient (Wildman–Crippen LogP) is 7.54. The lowest BCUT2D eigenvalue weighted by Gasteiger charge is -2.06. The maximum atomic E-state index is 12.9.